The van der Waals surface area contributed by atoms with E-state index in [1.807, 2.05) is 0 Å². The SMILES string of the molecule is Cc1sc(C(=O)O)cc1S(=O)(=O)NCCCC1CCCC1. The van der Waals surface area contributed by atoms with Crippen LogP contribution >= 0.6 is 11.3 Å². The highest BCUT2D eigenvalue weighted by molar-refractivity contribution is 7.89. The second-order valence-electron chi connectivity index (χ2n) is 5.53. The van der Waals surface area contributed by atoms with E-state index in [4.69, 9.17) is 5.11 Å². The highest BCUT2D eigenvalue weighted by atomic mass is 32.2. The van der Waals surface area contributed by atoms with Crippen molar-refractivity contribution in [3.05, 3.63) is 15.8 Å². The lowest BCUT2D eigenvalue weighted by molar-refractivity contribution is 0.0702. The number of carbonyl (C=O) groups is 1. The lowest BCUT2D eigenvalue weighted by Gasteiger charge is -2.09. The van der Waals surface area contributed by atoms with E-state index in [1.165, 1.54) is 31.7 Å². The summed E-state index contributed by atoms with van der Waals surface area (Å²) in [5.74, 6) is -0.346. The van der Waals surface area contributed by atoms with Gasteiger partial charge in [0.2, 0.25) is 10.0 Å². The number of aromatic carboxylic acids is 1. The largest absolute Gasteiger partial charge is 0.477 e. The maximum absolute atomic E-state index is 12.2. The quantitative estimate of drug-likeness (QED) is 0.752. The lowest BCUT2D eigenvalue weighted by atomic mass is 10.0. The molecule has 0 aromatic carbocycles. The zero-order valence-corrected chi connectivity index (χ0v) is 13.7. The summed E-state index contributed by atoms with van der Waals surface area (Å²) in [4.78, 5) is 11.5. The number of nitrogens with one attached hydrogen (secondary N) is 1. The van der Waals surface area contributed by atoms with E-state index in [0.717, 1.165) is 30.1 Å². The van der Waals surface area contributed by atoms with Gasteiger partial charge >= 0.3 is 5.97 Å². The zero-order chi connectivity index (χ0) is 15.5. The molecule has 1 heterocycles. The van der Waals surface area contributed by atoms with E-state index in [0.29, 0.717) is 11.4 Å². The van der Waals surface area contributed by atoms with Crippen LogP contribution < -0.4 is 4.72 Å². The molecule has 1 aromatic heterocycles. The topological polar surface area (TPSA) is 83.5 Å². The minimum Gasteiger partial charge on any atom is -0.477 e. The molecule has 0 unspecified atom stereocenters. The second kappa shape index (κ2) is 6.89. The average molecular weight is 331 g/mol. The first-order valence-corrected chi connectivity index (χ1v) is 9.53. The summed E-state index contributed by atoms with van der Waals surface area (Å²) in [5, 5.41) is 8.92. The van der Waals surface area contributed by atoms with Crippen molar-refractivity contribution in [2.24, 2.45) is 5.92 Å². The molecule has 0 spiro atoms. The third-order valence-electron chi connectivity index (χ3n) is 3.93. The molecule has 0 bridgehead atoms. The normalized spacial score (nSPS) is 16.4. The zero-order valence-electron chi connectivity index (χ0n) is 12.1. The highest BCUT2D eigenvalue weighted by Crippen LogP contribution is 2.28. The molecule has 0 amide bonds. The highest BCUT2D eigenvalue weighted by Gasteiger charge is 2.22. The Balaban J connectivity index is 1.90. The molecule has 1 aliphatic carbocycles. The number of carboxylic acid groups (broad SMARTS) is 1. The lowest BCUT2D eigenvalue weighted by Crippen LogP contribution is -2.25. The molecule has 2 N–H and O–H groups in total. The smallest absolute Gasteiger partial charge is 0.345 e. The first-order valence-electron chi connectivity index (χ1n) is 7.23. The molecule has 118 valence electrons. The molecular formula is C14H21NO4S2. The van der Waals surface area contributed by atoms with E-state index in [1.54, 1.807) is 6.92 Å². The van der Waals surface area contributed by atoms with Gasteiger partial charge in [0.05, 0.1) is 4.90 Å². The molecule has 7 heteroatoms. The van der Waals surface area contributed by atoms with Crippen molar-refractivity contribution < 1.29 is 18.3 Å². The minimum absolute atomic E-state index is 0.0545. The van der Waals surface area contributed by atoms with Gasteiger partial charge in [-0.1, -0.05) is 25.7 Å². The number of thiophene rings is 1. The predicted molar refractivity (Wildman–Crippen MR) is 82.4 cm³/mol. The van der Waals surface area contributed by atoms with Crippen LogP contribution in [0.1, 0.15) is 53.1 Å². The molecule has 1 aromatic rings. The van der Waals surface area contributed by atoms with Crippen molar-refractivity contribution in [1.29, 1.82) is 0 Å². The number of aryl methyl sites for hydroxylation is 1. The van der Waals surface area contributed by atoms with Crippen molar-refractivity contribution in [2.45, 2.75) is 50.3 Å². The number of sulfonamides is 1. The van der Waals surface area contributed by atoms with E-state index < -0.39 is 16.0 Å². The minimum atomic E-state index is -3.60. The molecule has 1 saturated carbocycles. The van der Waals surface area contributed by atoms with Gasteiger partial charge in [-0.15, -0.1) is 11.3 Å². The van der Waals surface area contributed by atoms with Gasteiger partial charge in [0.15, 0.2) is 0 Å². The van der Waals surface area contributed by atoms with E-state index in [2.05, 4.69) is 4.72 Å². The van der Waals surface area contributed by atoms with Crippen LogP contribution in [-0.2, 0) is 10.0 Å². The summed E-state index contributed by atoms with van der Waals surface area (Å²) in [6.07, 6.45) is 7.01. The van der Waals surface area contributed by atoms with Crippen molar-refractivity contribution in [3.63, 3.8) is 0 Å². The summed E-state index contributed by atoms with van der Waals surface area (Å²) in [7, 11) is -3.60. The Kier molecular flexibility index (Phi) is 5.40. The Bertz CT molecular complexity index is 600. The number of hydrogen-bond acceptors (Lipinski definition) is 4. The van der Waals surface area contributed by atoms with Crippen LogP contribution in [0.15, 0.2) is 11.0 Å². The summed E-state index contributed by atoms with van der Waals surface area (Å²) < 4.78 is 27.0. The summed E-state index contributed by atoms with van der Waals surface area (Å²) >= 11 is 0.990. The van der Waals surface area contributed by atoms with Gasteiger partial charge < -0.3 is 5.11 Å². The number of carboxylic acids is 1. The van der Waals surface area contributed by atoms with Crippen LogP contribution in [0, 0.1) is 12.8 Å². The first kappa shape index (κ1) is 16.5. The Morgan fingerprint density at radius 2 is 2.10 bits per heavy atom. The van der Waals surface area contributed by atoms with Gasteiger partial charge in [0.25, 0.3) is 0 Å². The van der Waals surface area contributed by atoms with Gasteiger partial charge in [0, 0.05) is 11.4 Å². The van der Waals surface area contributed by atoms with E-state index in [-0.39, 0.29) is 9.77 Å². The van der Waals surface area contributed by atoms with Crippen molar-refractivity contribution in [3.8, 4) is 0 Å². The Labute approximate surface area is 129 Å². The van der Waals surface area contributed by atoms with Gasteiger partial charge in [-0.05, 0) is 31.7 Å². The predicted octanol–water partition coefficient (Wildman–Crippen LogP) is 3.00. The van der Waals surface area contributed by atoms with Crippen molar-refractivity contribution in [2.75, 3.05) is 6.54 Å². The van der Waals surface area contributed by atoms with Gasteiger partial charge in [-0.25, -0.2) is 17.9 Å². The van der Waals surface area contributed by atoms with Crippen molar-refractivity contribution in [1.82, 2.24) is 4.72 Å². The van der Waals surface area contributed by atoms with Crippen LogP contribution in [0.2, 0.25) is 0 Å². The maximum atomic E-state index is 12.2. The molecular weight excluding hydrogens is 310 g/mol. The molecule has 1 fully saturated rings. The Morgan fingerprint density at radius 3 is 2.67 bits per heavy atom. The van der Waals surface area contributed by atoms with Crippen LogP contribution in [0.25, 0.3) is 0 Å². The summed E-state index contributed by atoms with van der Waals surface area (Å²) in [6.45, 7) is 2.04. The molecule has 0 saturated heterocycles. The molecule has 21 heavy (non-hydrogen) atoms. The molecule has 0 aliphatic heterocycles. The van der Waals surface area contributed by atoms with Gasteiger partial charge in [-0.2, -0.15) is 0 Å². The first-order chi connectivity index (χ1) is 9.90. The summed E-state index contributed by atoms with van der Waals surface area (Å²) in [5.41, 5.74) is 0. The Hall–Kier alpha value is -0.920. The third-order valence-corrected chi connectivity index (χ3v) is 6.68. The maximum Gasteiger partial charge on any atom is 0.345 e. The molecule has 5 nitrogen and oxygen atoms in total. The summed E-state index contributed by atoms with van der Waals surface area (Å²) in [6, 6.07) is 1.24. The molecule has 0 radical (unpaired) electrons. The molecule has 2 rings (SSSR count). The van der Waals surface area contributed by atoms with E-state index in [9.17, 15) is 13.2 Å². The van der Waals surface area contributed by atoms with Crippen LogP contribution in [0.5, 0.6) is 0 Å². The fraction of sp³-hybridized carbons (Fsp3) is 0.643. The number of hydrogen-bond donors (Lipinski definition) is 2. The fourth-order valence-corrected chi connectivity index (χ4v) is 5.31. The van der Waals surface area contributed by atoms with Crippen LogP contribution in [-0.4, -0.2) is 26.0 Å². The fourth-order valence-electron chi connectivity index (χ4n) is 2.81. The third kappa shape index (κ3) is 4.28. The second-order valence-corrected chi connectivity index (χ2v) is 8.52. The van der Waals surface area contributed by atoms with Crippen LogP contribution in [0.3, 0.4) is 0 Å². The standard InChI is InChI=1S/C14H21NO4S2/c1-10-13(9-12(20-10)14(16)17)21(18,19)15-8-4-7-11-5-2-3-6-11/h9,11,15H,2-8H2,1H3,(H,16,17). The van der Waals surface area contributed by atoms with E-state index >= 15 is 0 Å². The van der Waals surface area contributed by atoms with Crippen molar-refractivity contribution >= 4 is 27.3 Å². The average Bonchev–Trinajstić information content (AvgIpc) is 3.04. The van der Waals surface area contributed by atoms with Gasteiger partial charge in [-0.3, -0.25) is 0 Å². The van der Waals surface area contributed by atoms with Crippen LogP contribution in [0.4, 0.5) is 0 Å². The van der Waals surface area contributed by atoms with Gasteiger partial charge in [0.1, 0.15) is 4.88 Å². The Morgan fingerprint density at radius 1 is 1.43 bits per heavy atom. The number of rotatable bonds is 7. The molecule has 1 aliphatic rings. The monoisotopic (exact) mass is 331 g/mol. The molecule has 0 atom stereocenters.